The Bertz CT molecular complexity index is 432. The normalized spacial score (nSPS) is 10.8. The van der Waals surface area contributed by atoms with E-state index in [1.807, 2.05) is 6.92 Å². The highest BCUT2D eigenvalue weighted by molar-refractivity contribution is 7.22. The van der Waals surface area contributed by atoms with E-state index in [2.05, 4.69) is 0 Å². The molecule has 2 aromatic rings. The van der Waals surface area contributed by atoms with E-state index in [0.717, 1.165) is 15.2 Å². The van der Waals surface area contributed by atoms with Crippen molar-refractivity contribution in [2.45, 2.75) is 6.92 Å². The molecule has 70 valence electrons. The number of rotatable bonds is 2. The van der Waals surface area contributed by atoms with Crippen molar-refractivity contribution in [2.75, 3.05) is 12.3 Å². The van der Waals surface area contributed by atoms with Gasteiger partial charge in [0.15, 0.2) is 0 Å². The van der Waals surface area contributed by atoms with Gasteiger partial charge in [0, 0.05) is 12.1 Å². The molecular weight excluding hydrogens is 188 g/mol. The second kappa shape index (κ2) is 2.85. The fourth-order valence-corrected chi connectivity index (χ4v) is 2.08. The van der Waals surface area contributed by atoms with Crippen molar-refractivity contribution < 1.29 is 9.94 Å². The largest absolute Gasteiger partial charge is 0.492 e. The van der Waals surface area contributed by atoms with Crippen LogP contribution in [0.15, 0.2) is 12.1 Å². The Morgan fingerprint density at radius 2 is 2.38 bits per heavy atom. The van der Waals surface area contributed by atoms with E-state index in [1.165, 1.54) is 16.1 Å². The van der Waals surface area contributed by atoms with Crippen LogP contribution in [0, 0.1) is 0 Å². The van der Waals surface area contributed by atoms with Gasteiger partial charge in [0.05, 0.1) is 9.70 Å². The van der Waals surface area contributed by atoms with Gasteiger partial charge >= 0.3 is 0 Å². The standard InChI is InChI=1S/C8H10N2O2S/c1-2-12-10-5-3-7(9)13-6(5)4-8(10)11/h3-4,11H,2,9H2,1H3. The van der Waals surface area contributed by atoms with Gasteiger partial charge < -0.3 is 15.7 Å². The molecule has 2 aromatic heterocycles. The highest BCUT2D eigenvalue weighted by Gasteiger charge is 2.10. The summed E-state index contributed by atoms with van der Waals surface area (Å²) in [6.45, 7) is 2.37. The molecule has 5 heteroatoms. The van der Waals surface area contributed by atoms with Crippen LogP contribution in [-0.2, 0) is 0 Å². The van der Waals surface area contributed by atoms with Gasteiger partial charge in [-0.15, -0.1) is 16.1 Å². The van der Waals surface area contributed by atoms with Gasteiger partial charge in [-0.3, -0.25) is 0 Å². The van der Waals surface area contributed by atoms with Crippen molar-refractivity contribution in [3.8, 4) is 5.88 Å². The monoisotopic (exact) mass is 198 g/mol. The van der Waals surface area contributed by atoms with Crippen molar-refractivity contribution in [2.24, 2.45) is 0 Å². The summed E-state index contributed by atoms with van der Waals surface area (Å²) in [4.78, 5) is 5.22. The van der Waals surface area contributed by atoms with E-state index in [1.54, 1.807) is 12.1 Å². The van der Waals surface area contributed by atoms with Gasteiger partial charge in [-0.2, -0.15) is 0 Å². The minimum atomic E-state index is 0.114. The zero-order valence-corrected chi connectivity index (χ0v) is 7.97. The minimum absolute atomic E-state index is 0.114. The maximum absolute atomic E-state index is 9.45. The predicted molar refractivity (Wildman–Crippen MR) is 53.0 cm³/mol. The first-order valence-electron chi connectivity index (χ1n) is 3.95. The van der Waals surface area contributed by atoms with Crippen molar-refractivity contribution in [1.29, 1.82) is 0 Å². The van der Waals surface area contributed by atoms with Gasteiger partial charge in [0.25, 0.3) is 0 Å². The lowest BCUT2D eigenvalue weighted by Gasteiger charge is -2.04. The van der Waals surface area contributed by atoms with Crippen LogP contribution in [0.5, 0.6) is 5.88 Å². The maximum Gasteiger partial charge on any atom is 0.227 e. The number of aromatic hydroxyl groups is 1. The number of hydrogen-bond acceptors (Lipinski definition) is 4. The molecule has 0 saturated carbocycles. The third kappa shape index (κ3) is 1.21. The number of aromatic nitrogens is 1. The van der Waals surface area contributed by atoms with Crippen LogP contribution >= 0.6 is 11.3 Å². The van der Waals surface area contributed by atoms with E-state index >= 15 is 0 Å². The second-order valence-electron chi connectivity index (χ2n) is 2.61. The molecule has 0 saturated heterocycles. The molecule has 0 atom stereocenters. The Kier molecular flexibility index (Phi) is 1.81. The van der Waals surface area contributed by atoms with Gasteiger partial charge in [-0.05, 0) is 6.92 Å². The van der Waals surface area contributed by atoms with Crippen molar-refractivity contribution in [3.05, 3.63) is 12.1 Å². The Labute approximate surface area is 79.1 Å². The lowest BCUT2D eigenvalue weighted by Crippen LogP contribution is -2.08. The van der Waals surface area contributed by atoms with Crippen molar-refractivity contribution >= 4 is 26.6 Å². The minimum Gasteiger partial charge on any atom is -0.492 e. The van der Waals surface area contributed by atoms with Gasteiger partial charge in [-0.1, -0.05) is 0 Å². The van der Waals surface area contributed by atoms with Crippen LogP contribution in [-0.4, -0.2) is 16.4 Å². The smallest absolute Gasteiger partial charge is 0.227 e. The Balaban J connectivity index is 2.61. The quantitative estimate of drug-likeness (QED) is 0.767. The van der Waals surface area contributed by atoms with E-state index in [4.69, 9.17) is 10.6 Å². The van der Waals surface area contributed by atoms with E-state index in [-0.39, 0.29) is 5.88 Å². The van der Waals surface area contributed by atoms with E-state index < -0.39 is 0 Å². The average molecular weight is 198 g/mol. The molecule has 0 aromatic carbocycles. The first-order chi connectivity index (χ1) is 6.22. The molecule has 0 aliphatic carbocycles. The molecule has 13 heavy (non-hydrogen) atoms. The van der Waals surface area contributed by atoms with Crippen LogP contribution in [0.4, 0.5) is 5.00 Å². The fourth-order valence-electron chi connectivity index (χ4n) is 1.24. The molecule has 0 amide bonds. The number of anilines is 1. The molecule has 0 aliphatic heterocycles. The van der Waals surface area contributed by atoms with E-state index in [0.29, 0.717) is 6.61 Å². The number of nitrogens with zero attached hydrogens (tertiary/aromatic N) is 1. The van der Waals surface area contributed by atoms with Crippen molar-refractivity contribution in [1.82, 2.24) is 4.73 Å². The van der Waals surface area contributed by atoms with Gasteiger partial charge in [0.1, 0.15) is 12.1 Å². The van der Waals surface area contributed by atoms with Gasteiger partial charge in [-0.25, -0.2) is 0 Å². The third-order valence-electron chi connectivity index (χ3n) is 1.70. The van der Waals surface area contributed by atoms with Crippen LogP contribution in [0.25, 0.3) is 10.2 Å². The summed E-state index contributed by atoms with van der Waals surface area (Å²) >= 11 is 1.43. The molecule has 3 N–H and O–H groups in total. The number of hydrogen-bond donors (Lipinski definition) is 2. The zero-order valence-electron chi connectivity index (χ0n) is 7.15. The molecule has 0 spiro atoms. The predicted octanol–water partition coefficient (Wildman–Crippen LogP) is 1.44. The molecule has 2 rings (SSSR count). The van der Waals surface area contributed by atoms with Crippen LogP contribution in [0.3, 0.4) is 0 Å². The third-order valence-corrected chi connectivity index (χ3v) is 2.60. The van der Waals surface area contributed by atoms with Crippen molar-refractivity contribution in [3.63, 3.8) is 0 Å². The molecule has 0 radical (unpaired) electrons. The highest BCUT2D eigenvalue weighted by atomic mass is 32.1. The molecule has 0 aliphatic rings. The summed E-state index contributed by atoms with van der Waals surface area (Å²) in [5, 5.41) is 10.2. The fraction of sp³-hybridized carbons (Fsp3) is 0.250. The highest BCUT2D eigenvalue weighted by Crippen LogP contribution is 2.32. The number of thiophene rings is 1. The first kappa shape index (κ1) is 8.25. The SMILES string of the molecule is CCOn1c(O)cc2sc(N)cc21. The van der Waals surface area contributed by atoms with E-state index in [9.17, 15) is 5.11 Å². The topological polar surface area (TPSA) is 60.4 Å². The maximum atomic E-state index is 9.45. The zero-order chi connectivity index (χ0) is 9.42. The average Bonchev–Trinajstić information content (AvgIpc) is 2.52. The molecule has 2 heterocycles. The lowest BCUT2D eigenvalue weighted by atomic mass is 10.5. The Morgan fingerprint density at radius 1 is 1.62 bits per heavy atom. The molecule has 0 unspecified atom stereocenters. The van der Waals surface area contributed by atoms with Crippen LogP contribution in [0.1, 0.15) is 6.92 Å². The second-order valence-corrected chi connectivity index (χ2v) is 3.73. The summed E-state index contributed by atoms with van der Waals surface area (Å²) in [7, 11) is 0. The van der Waals surface area contributed by atoms with Crippen LogP contribution < -0.4 is 10.6 Å². The summed E-state index contributed by atoms with van der Waals surface area (Å²) in [6, 6.07) is 3.43. The van der Waals surface area contributed by atoms with Gasteiger partial charge in [0.2, 0.25) is 5.88 Å². The molecule has 0 bridgehead atoms. The Hall–Kier alpha value is -1.36. The molecule has 0 fully saturated rings. The Morgan fingerprint density at radius 3 is 3.08 bits per heavy atom. The molecule has 4 nitrogen and oxygen atoms in total. The first-order valence-corrected chi connectivity index (χ1v) is 4.77. The summed E-state index contributed by atoms with van der Waals surface area (Å²) < 4.78 is 2.32. The molecular formula is C8H10N2O2S. The number of nitrogens with two attached hydrogens (primary N) is 1. The van der Waals surface area contributed by atoms with Crippen LogP contribution in [0.2, 0.25) is 0 Å². The summed E-state index contributed by atoms with van der Waals surface area (Å²) in [5.41, 5.74) is 6.44. The lowest BCUT2D eigenvalue weighted by molar-refractivity contribution is 0.112. The number of nitrogen functional groups attached to an aromatic ring is 1. The summed E-state index contributed by atoms with van der Waals surface area (Å²) in [5.74, 6) is 0.114. The number of fused-ring (bicyclic) bond motifs is 1. The summed E-state index contributed by atoms with van der Waals surface area (Å²) in [6.07, 6.45) is 0.